The summed E-state index contributed by atoms with van der Waals surface area (Å²) in [7, 11) is 0. The Bertz CT molecular complexity index is 638. The van der Waals surface area contributed by atoms with Crippen molar-refractivity contribution < 1.29 is 0 Å². The number of hydrogen-bond donors (Lipinski definition) is 0. The van der Waals surface area contributed by atoms with Crippen LogP contribution in [0, 0.1) is 0 Å². The monoisotopic (exact) mass is 323 g/mol. The number of nitrogens with zero attached hydrogens (tertiary/aromatic N) is 3. The van der Waals surface area contributed by atoms with Gasteiger partial charge in [0.25, 0.3) is 0 Å². The van der Waals surface area contributed by atoms with Crippen LogP contribution in [-0.2, 0) is 6.42 Å². The first-order valence-electron chi connectivity index (χ1n) is 9.73. The second kappa shape index (κ2) is 7.00. The van der Waals surface area contributed by atoms with E-state index in [2.05, 4.69) is 47.1 Å². The summed E-state index contributed by atoms with van der Waals surface area (Å²) in [4.78, 5) is 10.4. The van der Waals surface area contributed by atoms with Gasteiger partial charge in [-0.25, -0.2) is 0 Å². The van der Waals surface area contributed by atoms with Crippen LogP contribution in [0.3, 0.4) is 0 Å². The molecule has 0 aliphatic carbocycles. The van der Waals surface area contributed by atoms with Crippen molar-refractivity contribution in [3.8, 4) is 0 Å². The van der Waals surface area contributed by atoms with Gasteiger partial charge in [0, 0.05) is 26.2 Å². The highest BCUT2D eigenvalue weighted by molar-refractivity contribution is 5.85. The summed E-state index contributed by atoms with van der Waals surface area (Å²) in [5, 5.41) is 1.33. The SMILES string of the molecule is CC[C@H](Cc1ccccc1)N=c1c(N2CCCC2)c1N1CCCC1. The molecular formula is C21H29N3. The Morgan fingerprint density at radius 2 is 1.42 bits per heavy atom. The molecule has 2 aliphatic rings. The number of anilines is 2. The van der Waals surface area contributed by atoms with Gasteiger partial charge in [-0.2, -0.15) is 0 Å². The van der Waals surface area contributed by atoms with E-state index in [1.165, 1.54) is 74.2 Å². The van der Waals surface area contributed by atoms with Crippen LogP contribution in [0.15, 0.2) is 35.3 Å². The van der Waals surface area contributed by atoms with Gasteiger partial charge < -0.3 is 9.80 Å². The molecule has 0 amide bonds. The minimum atomic E-state index is 0.403. The summed E-state index contributed by atoms with van der Waals surface area (Å²) in [5.41, 5.74) is 4.38. The van der Waals surface area contributed by atoms with E-state index in [4.69, 9.17) is 4.99 Å². The zero-order valence-electron chi connectivity index (χ0n) is 14.9. The lowest BCUT2D eigenvalue weighted by Crippen LogP contribution is -2.18. The molecule has 3 nitrogen and oxygen atoms in total. The summed E-state index contributed by atoms with van der Waals surface area (Å²) in [5.74, 6) is 0. The minimum absolute atomic E-state index is 0.403. The average molecular weight is 323 g/mol. The fourth-order valence-electron chi connectivity index (χ4n) is 4.11. The maximum Gasteiger partial charge on any atom is 0.109 e. The van der Waals surface area contributed by atoms with E-state index in [9.17, 15) is 0 Å². The summed E-state index contributed by atoms with van der Waals surface area (Å²) in [6.07, 6.45) is 7.52. The maximum atomic E-state index is 5.21. The fraction of sp³-hybridized carbons (Fsp3) is 0.571. The lowest BCUT2D eigenvalue weighted by Gasteiger charge is -2.15. The van der Waals surface area contributed by atoms with Crippen LogP contribution < -0.4 is 15.2 Å². The molecule has 1 atom stereocenters. The molecular weight excluding hydrogens is 294 g/mol. The summed E-state index contributed by atoms with van der Waals surface area (Å²) in [6, 6.07) is 11.2. The van der Waals surface area contributed by atoms with Crippen molar-refractivity contribution in [1.29, 1.82) is 0 Å². The predicted molar refractivity (Wildman–Crippen MR) is 101 cm³/mol. The van der Waals surface area contributed by atoms with Crippen molar-refractivity contribution in [3.05, 3.63) is 41.3 Å². The molecule has 0 aromatic heterocycles. The van der Waals surface area contributed by atoms with E-state index < -0.39 is 0 Å². The maximum absolute atomic E-state index is 5.21. The quantitative estimate of drug-likeness (QED) is 0.807. The topological polar surface area (TPSA) is 18.8 Å². The van der Waals surface area contributed by atoms with Gasteiger partial charge in [0.1, 0.15) is 5.36 Å². The van der Waals surface area contributed by atoms with E-state index in [1.807, 2.05) is 0 Å². The van der Waals surface area contributed by atoms with Gasteiger partial charge in [-0.3, -0.25) is 4.99 Å². The van der Waals surface area contributed by atoms with Crippen molar-refractivity contribution in [2.24, 2.45) is 4.99 Å². The molecule has 2 heterocycles. The van der Waals surface area contributed by atoms with Crippen LogP contribution in [0.1, 0.15) is 44.6 Å². The molecule has 0 unspecified atom stereocenters. The van der Waals surface area contributed by atoms with E-state index in [0.29, 0.717) is 6.04 Å². The molecule has 2 saturated heterocycles. The molecule has 0 N–H and O–H groups in total. The lowest BCUT2D eigenvalue weighted by atomic mass is 10.0. The molecule has 0 saturated carbocycles. The second-order valence-corrected chi connectivity index (χ2v) is 7.32. The largest absolute Gasteiger partial charge is 0.368 e. The summed E-state index contributed by atoms with van der Waals surface area (Å²) in [6.45, 7) is 7.16. The molecule has 0 bridgehead atoms. The Morgan fingerprint density at radius 3 is 1.92 bits per heavy atom. The molecule has 128 valence electrons. The second-order valence-electron chi connectivity index (χ2n) is 7.32. The molecule has 0 spiro atoms. The van der Waals surface area contributed by atoms with Gasteiger partial charge in [0.05, 0.1) is 17.4 Å². The fourth-order valence-corrected chi connectivity index (χ4v) is 4.11. The lowest BCUT2D eigenvalue weighted by molar-refractivity contribution is 0.636. The van der Waals surface area contributed by atoms with Crippen LogP contribution in [0.25, 0.3) is 0 Å². The van der Waals surface area contributed by atoms with Crippen molar-refractivity contribution in [1.82, 2.24) is 0 Å². The van der Waals surface area contributed by atoms with Crippen molar-refractivity contribution >= 4 is 11.4 Å². The highest BCUT2D eigenvalue weighted by atomic mass is 15.3. The van der Waals surface area contributed by atoms with E-state index >= 15 is 0 Å². The van der Waals surface area contributed by atoms with Crippen molar-refractivity contribution in [2.75, 3.05) is 36.0 Å². The highest BCUT2D eigenvalue weighted by Crippen LogP contribution is 2.37. The van der Waals surface area contributed by atoms with Gasteiger partial charge in [-0.05, 0) is 44.1 Å². The Morgan fingerprint density at radius 1 is 0.875 bits per heavy atom. The van der Waals surface area contributed by atoms with Crippen LogP contribution in [-0.4, -0.2) is 32.2 Å². The number of benzene rings is 1. The number of rotatable bonds is 6. The summed E-state index contributed by atoms with van der Waals surface area (Å²) >= 11 is 0. The first-order valence-corrected chi connectivity index (χ1v) is 9.73. The van der Waals surface area contributed by atoms with Crippen molar-refractivity contribution in [2.45, 2.75) is 51.5 Å². The van der Waals surface area contributed by atoms with E-state index in [-0.39, 0.29) is 0 Å². The number of hydrogen-bond acceptors (Lipinski definition) is 3. The standard InChI is InChI=1S/C21H29N3/c1-2-18(16-17-10-4-3-5-11-17)22-19-20(23-12-6-7-13-23)21(19)24-14-8-9-15-24/h3-5,10-11,18H,2,6-9,12-16H2,1H3/t18-/m1/s1. The molecule has 2 aliphatic heterocycles. The van der Waals surface area contributed by atoms with Gasteiger partial charge in [0.15, 0.2) is 0 Å². The third-order valence-electron chi connectivity index (χ3n) is 5.55. The molecule has 2 fully saturated rings. The van der Waals surface area contributed by atoms with Crippen LogP contribution in [0.2, 0.25) is 0 Å². The van der Waals surface area contributed by atoms with E-state index in [1.54, 1.807) is 0 Å². The third-order valence-corrected chi connectivity index (χ3v) is 5.55. The van der Waals surface area contributed by atoms with Gasteiger partial charge in [0.2, 0.25) is 0 Å². The minimum Gasteiger partial charge on any atom is -0.368 e. The highest BCUT2D eigenvalue weighted by Gasteiger charge is 2.33. The molecule has 2 aromatic carbocycles. The molecule has 0 radical (unpaired) electrons. The van der Waals surface area contributed by atoms with Crippen LogP contribution >= 0.6 is 0 Å². The Balaban J connectivity index is 1.57. The Kier molecular flexibility index (Phi) is 4.59. The molecule has 2 aromatic rings. The van der Waals surface area contributed by atoms with Crippen LogP contribution in [0.4, 0.5) is 11.4 Å². The van der Waals surface area contributed by atoms with Crippen molar-refractivity contribution in [3.63, 3.8) is 0 Å². The van der Waals surface area contributed by atoms with Gasteiger partial charge >= 0.3 is 0 Å². The normalized spacial score (nSPS) is 19.4. The Labute approximate surface area is 145 Å². The van der Waals surface area contributed by atoms with Gasteiger partial charge in [-0.15, -0.1) is 0 Å². The molecule has 4 rings (SSSR count). The third kappa shape index (κ3) is 3.22. The summed E-state index contributed by atoms with van der Waals surface area (Å²) < 4.78 is 0. The zero-order valence-corrected chi connectivity index (χ0v) is 14.9. The van der Waals surface area contributed by atoms with E-state index in [0.717, 1.165) is 12.8 Å². The first-order chi connectivity index (χ1) is 11.9. The first kappa shape index (κ1) is 15.7. The molecule has 24 heavy (non-hydrogen) atoms. The Hall–Kier alpha value is -1.77. The van der Waals surface area contributed by atoms with Crippen LogP contribution in [0.5, 0.6) is 0 Å². The predicted octanol–water partition coefficient (Wildman–Crippen LogP) is 3.68. The smallest absolute Gasteiger partial charge is 0.109 e. The van der Waals surface area contributed by atoms with Gasteiger partial charge in [-0.1, -0.05) is 37.3 Å². The molecule has 3 heteroatoms. The average Bonchev–Trinajstić information content (AvgIpc) is 3.07. The zero-order chi connectivity index (χ0) is 16.4.